The van der Waals surface area contributed by atoms with Crippen LogP contribution >= 0.6 is 23.2 Å². The number of sulfonamides is 1. The van der Waals surface area contributed by atoms with Crippen molar-refractivity contribution in [3.05, 3.63) is 99.5 Å². The highest BCUT2D eigenvalue weighted by molar-refractivity contribution is 7.92. The van der Waals surface area contributed by atoms with Gasteiger partial charge in [0.25, 0.3) is 0 Å². The Labute approximate surface area is 247 Å². The van der Waals surface area contributed by atoms with Gasteiger partial charge in [0.15, 0.2) is 0 Å². The smallest absolute Gasteiger partial charge is 0.244 e. The second-order valence-electron chi connectivity index (χ2n) is 9.84. The summed E-state index contributed by atoms with van der Waals surface area (Å²) in [5.74, 6) is -0.874. The van der Waals surface area contributed by atoms with E-state index < -0.39 is 28.5 Å². The van der Waals surface area contributed by atoms with Gasteiger partial charge in [-0.2, -0.15) is 0 Å². The van der Waals surface area contributed by atoms with Crippen molar-refractivity contribution in [2.24, 2.45) is 0 Å². The first kappa shape index (κ1) is 31.5. The SMILES string of the molecule is CCNC(=O)[C@H](Cc1ccccc1)N(Cc1ccc(Cl)cc1Cl)C(=O)CN(c1ccccc1C(C)C)S(C)(=O)=O. The molecule has 1 atom stereocenters. The number of para-hydroxylation sites is 1. The maximum atomic E-state index is 14.1. The Hall–Kier alpha value is -3.07. The third-order valence-electron chi connectivity index (χ3n) is 6.48. The minimum Gasteiger partial charge on any atom is -0.355 e. The number of amides is 2. The lowest BCUT2D eigenvalue weighted by Crippen LogP contribution is -2.53. The second kappa shape index (κ2) is 14.0. The average Bonchev–Trinajstić information content (AvgIpc) is 2.90. The molecule has 0 aliphatic carbocycles. The van der Waals surface area contributed by atoms with Crippen molar-refractivity contribution in [3.8, 4) is 0 Å². The number of nitrogens with one attached hydrogen (secondary N) is 1. The van der Waals surface area contributed by atoms with E-state index in [2.05, 4.69) is 5.32 Å². The summed E-state index contributed by atoms with van der Waals surface area (Å²) in [5, 5.41) is 3.60. The summed E-state index contributed by atoms with van der Waals surface area (Å²) < 4.78 is 27.2. The molecule has 0 heterocycles. The molecule has 1 N–H and O–H groups in total. The maximum absolute atomic E-state index is 14.1. The van der Waals surface area contributed by atoms with Gasteiger partial charge in [-0.3, -0.25) is 13.9 Å². The summed E-state index contributed by atoms with van der Waals surface area (Å²) in [4.78, 5) is 29.0. The lowest BCUT2D eigenvalue weighted by atomic mass is 10.0. The van der Waals surface area contributed by atoms with Crippen LogP contribution in [0.4, 0.5) is 5.69 Å². The highest BCUT2D eigenvalue weighted by atomic mass is 35.5. The number of nitrogens with zero attached hydrogens (tertiary/aromatic N) is 2. The highest BCUT2D eigenvalue weighted by Crippen LogP contribution is 2.30. The fraction of sp³-hybridized carbons (Fsp3) is 0.333. The van der Waals surface area contributed by atoms with Crippen LogP contribution in [0.15, 0.2) is 72.8 Å². The van der Waals surface area contributed by atoms with Crippen LogP contribution in [-0.4, -0.2) is 50.5 Å². The van der Waals surface area contributed by atoms with Gasteiger partial charge in [0.1, 0.15) is 12.6 Å². The van der Waals surface area contributed by atoms with Crippen molar-refractivity contribution in [2.45, 2.75) is 45.7 Å². The number of halogens is 2. The van der Waals surface area contributed by atoms with E-state index in [0.29, 0.717) is 27.8 Å². The van der Waals surface area contributed by atoms with Crippen molar-refractivity contribution in [1.29, 1.82) is 0 Å². The zero-order valence-electron chi connectivity index (χ0n) is 23.1. The molecule has 0 radical (unpaired) electrons. The Morgan fingerprint density at radius 1 is 0.950 bits per heavy atom. The maximum Gasteiger partial charge on any atom is 0.244 e. The molecular formula is C30H35Cl2N3O4S. The molecule has 40 heavy (non-hydrogen) atoms. The molecule has 3 aromatic carbocycles. The number of hydrogen-bond acceptors (Lipinski definition) is 4. The average molecular weight is 605 g/mol. The van der Waals surface area contributed by atoms with Crippen LogP contribution in [0.1, 0.15) is 43.4 Å². The minimum absolute atomic E-state index is 0.0145. The fourth-order valence-corrected chi connectivity index (χ4v) is 5.81. The van der Waals surface area contributed by atoms with Crippen molar-refractivity contribution < 1.29 is 18.0 Å². The highest BCUT2D eigenvalue weighted by Gasteiger charge is 2.33. The van der Waals surface area contributed by atoms with E-state index in [9.17, 15) is 18.0 Å². The molecule has 7 nitrogen and oxygen atoms in total. The Kier molecular flexibility index (Phi) is 11.0. The molecule has 10 heteroatoms. The lowest BCUT2D eigenvalue weighted by Gasteiger charge is -2.34. The zero-order valence-corrected chi connectivity index (χ0v) is 25.4. The number of carbonyl (C=O) groups excluding carboxylic acids is 2. The Morgan fingerprint density at radius 2 is 1.60 bits per heavy atom. The summed E-state index contributed by atoms with van der Waals surface area (Å²) in [6.07, 6.45) is 1.30. The standard InChI is InChI=1S/C30H35Cl2N3O4S/c1-5-33-30(37)28(17-22-11-7-6-8-12-22)34(19-23-15-16-24(31)18-26(23)32)29(36)20-35(40(4,38)39)27-14-10-9-13-25(27)21(2)3/h6-16,18,21,28H,5,17,19-20H2,1-4H3,(H,33,37)/t28-/m0/s1. The lowest BCUT2D eigenvalue weighted by molar-refractivity contribution is -0.140. The van der Waals surface area contributed by atoms with E-state index in [1.807, 2.05) is 56.3 Å². The number of likely N-dealkylation sites (N-methyl/N-ethyl adjacent to an activating group) is 1. The van der Waals surface area contributed by atoms with E-state index in [1.54, 1.807) is 37.3 Å². The molecule has 0 saturated carbocycles. The van der Waals surface area contributed by atoms with Crippen LogP contribution in [-0.2, 0) is 32.6 Å². The summed E-state index contributed by atoms with van der Waals surface area (Å²) in [6, 6.07) is 20.5. The molecule has 3 aromatic rings. The summed E-state index contributed by atoms with van der Waals surface area (Å²) in [7, 11) is -3.86. The Bertz CT molecular complexity index is 1430. The minimum atomic E-state index is -3.86. The topological polar surface area (TPSA) is 86.8 Å². The molecule has 0 aromatic heterocycles. The van der Waals surface area contributed by atoms with Gasteiger partial charge in [0.05, 0.1) is 11.9 Å². The van der Waals surface area contributed by atoms with Gasteiger partial charge < -0.3 is 10.2 Å². The van der Waals surface area contributed by atoms with Crippen molar-refractivity contribution >= 4 is 50.7 Å². The monoisotopic (exact) mass is 603 g/mol. The molecule has 2 amide bonds. The summed E-state index contributed by atoms with van der Waals surface area (Å²) >= 11 is 12.6. The first-order valence-corrected chi connectivity index (χ1v) is 15.6. The molecular weight excluding hydrogens is 569 g/mol. The predicted molar refractivity (Wildman–Crippen MR) is 162 cm³/mol. The van der Waals surface area contributed by atoms with E-state index in [-0.39, 0.29) is 24.8 Å². The van der Waals surface area contributed by atoms with Gasteiger partial charge in [-0.1, -0.05) is 91.6 Å². The van der Waals surface area contributed by atoms with Crippen LogP contribution in [0.25, 0.3) is 0 Å². The van der Waals surface area contributed by atoms with Crippen LogP contribution in [0.2, 0.25) is 10.0 Å². The van der Waals surface area contributed by atoms with Crippen LogP contribution in [0, 0.1) is 0 Å². The van der Waals surface area contributed by atoms with E-state index in [1.165, 1.54) is 4.90 Å². The van der Waals surface area contributed by atoms with Crippen LogP contribution in [0.3, 0.4) is 0 Å². The van der Waals surface area contributed by atoms with E-state index >= 15 is 0 Å². The molecule has 0 unspecified atom stereocenters. The van der Waals surface area contributed by atoms with Gasteiger partial charge in [-0.05, 0) is 47.7 Å². The molecule has 0 bridgehead atoms. The second-order valence-corrected chi connectivity index (χ2v) is 12.6. The molecule has 0 spiro atoms. The zero-order chi connectivity index (χ0) is 29.4. The molecule has 214 valence electrons. The van der Waals surface area contributed by atoms with Crippen LogP contribution in [0.5, 0.6) is 0 Å². The number of anilines is 1. The first-order chi connectivity index (χ1) is 18.9. The van der Waals surface area contributed by atoms with Gasteiger partial charge in [0, 0.05) is 29.6 Å². The van der Waals surface area contributed by atoms with Crippen molar-refractivity contribution in [2.75, 3.05) is 23.7 Å². The molecule has 0 saturated heterocycles. The van der Waals surface area contributed by atoms with E-state index in [4.69, 9.17) is 23.2 Å². The molecule has 0 fully saturated rings. The van der Waals surface area contributed by atoms with Crippen LogP contribution < -0.4 is 9.62 Å². The van der Waals surface area contributed by atoms with E-state index in [0.717, 1.165) is 21.7 Å². The number of carbonyl (C=O) groups is 2. The third kappa shape index (κ3) is 8.22. The summed E-state index contributed by atoms with van der Waals surface area (Å²) in [6.45, 7) is 5.58. The number of benzene rings is 3. The van der Waals surface area contributed by atoms with Gasteiger partial charge >= 0.3 is 0 Å². The predicted octanol–water partition coefficient (Wildman–Crippen LogP) is 5.66. The van der Waals surface area contributed by atoms with Crippen molar-refractivity contribution in [3.63, 3.8) is 0 Å². The molecule has 3 rings (SSSR count). The van der Waals surface area contributed by atoms with Gasteiger partial charge in [-0.15, -0.1) is 0 Å². The normalized spacial score (nSPS) is 12.2. The van der Waals surface area contributed by atoms with Gasteiger partial charge in [-0.25, -0.2) is 8.42 Å². The fourth-order valence-electron chi connectivity index (χ4n) is 4.48. The first-order valence-electron chi connectivity index (χ1n) is 13.0. The summed E-state index contributed by atoms with van der Waals surface area (Å²) in [5.41, 5.74) is 2.65. The quantitative estimate of drug-likeness (QED) is 0.289. The molecule has 0 aliphatic rings. The number of hydrogen-bond donors (Lipinski definition) is 1. The van der Waals surface area contributed by atoms with Crippen molar-refractivity contribution in [1.82, 2.24) is 10.2 Å². The Balaban J connectivity index is 2.10. The Morgan fingerprint density at radius 3 is 2.20 bits per heavy atom. The molecule has 0 aliphatic heterocycles. The van der Waals surface area contributed by atoms with Gasteiger partial charge in [0.2, 0.25) is 21.8 Å². The number of rotatable bonds is 12. The third-order valence-corrected chi connectivity index (χ3v) is 8.20. The largest absolute Gasteiger partial charge is 0.355 e.